The van der Waals surface area contributed by atoms with Crippen molar-refractivity contribution in [2.75, 3.05) is 6.54 Å². The molecule has 21 heavy (non-hydrogen) atoms. The molecule has 0 bridgehead atoms. The van der Waals surface area contributed by atoms with Gasteiger partial charge in [0.25, 0.3) is 0 Å². The Morgan fingerprint density at radius 2 is 1.48 bits per heavy atom. The molecule has 1 rings (SSSR count). The maximum atomic E-state index is 5.92. The zero-order valence-corrected chi connectivity index (χ0v) is 16.0. The average Bonchev–Trinajstić information content (AvgIpc) is 2.41. The van der Waals surface area contributed by atoms with Crippen LogP contribution in [0.1, 0.15) is 59.9 Å². The SMILES string of the molecule is CCC(C)(C)OC(C)(C)CC.NCCc1cccc[c]1[Pd]. The summed E-state index contributed by atoms with van der Waals surface area (Å²) < 4.78 is 7.11. The van der Waals surface area contributed by atoms with Gasteiger partial charge in [-0.25, -0.2) is 0 Å². The molecule has 125 valence electrons. The predicted octanol–water partition coefficient (Wildman–Crippen LogP) is 3.74. The van der Waals surface area contributed by atoms with E-state index in [1.165, 1.54) is 9.60 Å². The minimum absolute atomic E-state index is 0.0273. The van der Waals surface area contributed by atoms with Crippen LogP contribution in [-0.2, 0) is 30.4 Å². The van der Waals surface area contributed by atoms with Gasteiger partial charge in [0.1, 0.15) is 0 Å². The van der Waals surface area contributed by atoms with E-state index in [-0.39, 0.29) is 11.2 Å². The minimum atomic E-state index is 0.0273. The van der Waals surface area contributed by atoms with Crippen LogP contribution in [0.3, 0.4) is 0 Å². The molecule has 0 saturated carbocycles. The van der Waals surface area contributed by atoms with Gasteiger partial charge < -0.3 is 4.74 Å². The first-order valence-corrected chi connectivity index (χ1v) is 8.55. The maximum absolute atomic E-state index is 5.92. The van der Waals surface area contributed by atoms with Crippen molar-refractivity contribution in [3.8, 4) is 0 Å². The molecule has 0 spiro atoms. The molecule has 0 saturated heterocycles. The van der Waals surface area contributed by atoms with Gasteiger partial charge in [0.15, 0.2) is 0 Å². The summed E-state index contributed by atoms with van der Waals surface area (Å²) in [6.07, 6.45) is 3.09. The summed E-state index contributed by atoms with van der Waals surface area (Å²) in [6, 6.07) is 8.18. The van der Waals surface area contributed by atoms with Crippen LogP contribution in [0.15, 0.2) is 24.3 Å². The van der Waals surface area contributed by atoms with Gasteiger partial charge in [0, 0.05) is 0 Å². The molecule has 0 aliphatic carbocycles. The molecule has 2 nitrogen and oxygen atoms in total. The van der Waals surface area contributed by atoms with Crippen molar-refractivity contribution in [2.45, 2.75) is 72.0 Å². The number of hydrogen-bond donors (Lipinski definition) is 1. The van der Waals surface area contributed by atoms with E-state index in [1.54, 1.807) is 0 Å². The van der Waals surface area contributed by atoms with Crippen LogP contribution in [0.4, 0.5) is 0 Å². The Balaban J connectivity index is 0.000000382. The summed E-state index contributed by atoms with van der Waals surface area (Å²) in [7, 11) is 0. The molecule has 0 atom stereocenters. The molecule has 3 heteroatoms. The molecule has 0 amide bonds. The fourth-order valence-electron chi connectivity index (χ4n) is 1.73. The van der Waals surface area contributed by atoms with Crippen LogP contribution in [0.2, 0.25) is 0 Å². The van der Waals surface area contributed by atoms with Crippen LogP contribution in [-0.4, -0.2) is 17.7 Å². The number of hydrogen-bond acceptors (Lipinski definition) is 2. The van der Waals surface area contributed by atoms with E-state index in [2.05, 4.69) is 66.8 Å². The molecule has 0 heterocycles. The number of benzene rings is 1. The molecular formula is C18H32NOPd. The molecule has 0 aromatic heterocycles. The van der Waals surface area contributed by atoms with Crippen molar-refractivity contribution in [3.63, 3.8) is 0 Å². The van der Waals surface area contributed by atoms with Crippen LogP contribution in [0.5, 0.6) is 0 Å². The molecule has 2 N–H and O–H groups in total. The summed E-state index contributed by atoms with van der Waals surface area (Å²) in [4.78, 5) is 0. The molecule has 1 aromatic rings. The van der Waals surface area contributed by atoms with Crippen molar-refractivity contribution >= 4 is 4.04 Å². The van der Waals surface area contributed by atoms with Gasteiger partial charge in [-0.05, 0) is 40.5 Å². The Labute approximate surface area is 142 Å². The van der Waals surface area contributed by atoms with Gasteiger partial charge in [-0.1, -0.05) is 13.8 Å². The third-order valence-corrected chi connectivity index (χ3v) is 4.36. The number of nitrogens with two attached hydrogens (primary N) is 1. The van der Waals surface area contributed by atoms with Crippen molar-refractivity contribution in [1.29, 1.82) is 0 Å². The summed E-state index contributed by atoms with van der Waals surface area (Å²) >= 11 is 3.18. The van der Waals surface area contributed by atoms with Gasteiger partial charge in [-0.2, -0.15) is 0 Å². The second kappa shape index (κ2) is 9.75. The molecule has 0 aliphatic heterocycles. The summed E-state index contributed by atoms with van der Waals surface area (Å²) in [5.74, 6) is 0. The Bertz CT molecular complexity index is 388. The average molecular weight is 385 g/mol. The first-order chi connectivity index (χ1) is 9.67. The van der Waals surface area contributed by atoms with Crippen molar-refractivity contribution in [1.82, 2.24) is 0 Å². The first kappa shape index (κ1) is 20.8. The van der Waals surface area contributed by atoms with Gasteiger partial charge >= 0.3 is 71.8 Å². The zero-order chi connectivity index (χ0) is 16.5. The standard InChI is InChI=1S/C10H22O.C8H10N.Pd/c1-7-9(3,4)11-10(5,6)8-2;9-7-6-8-4-2-1-3-5-8;/h7-8H2,1-6H3;1-4H,6-7,9H2;. The molecule has 0 unspecified atom stereocenters. The Morgan fingerprint density at radius 3 is 1.86 bits per heavy atom. The third kappa shape index (κ3) is 9.43. The van der Waals surface area contributed by atoms with Crippen molar-refractivity contribution < 1.29 is 23.9 Å². The number of ether oxygens (including phenoxy) is 1. The molecular weight excluding hydrogens is 353 g/mol. The van der Waals surface area contributed by atoms with Gasteiger partial charge in [0.05, 0.1) is 11.2 Å². The van der Waals surface area contributed by atoms with Crippen LogP contribution >= 0.6 is 0 Å². The van der Waals surface area contributed by atoms with E-state index in [9.17, 15) is 0 Å². The van der Waals surface area contributed by atoms with Gasteiger partial charge in [0.2, 0.25) is 0 Å². The van der Waals surface area contributed by atoms with Crippen molar-refractivity contribution in [2.24, 2.45) is 5.73 Å². The second-order valence-corrected chi connectivity index (χ2v) is 7.26. The predicted molar refractivity (Wildman–Crippen MR) is 88.7 cm³/mol. The Kier molecular flexibility index (Phi) is 9.65. The fourth-order valence-corrected chi connectivity index (χ4v) is 2.20. The van der Waals surface area contributed by atoms with Crippen LogP contribution in [0, 0.1) is 0 Å². The molecule has 0 radical (unpaired) electrons. The fraction of sp³-hybridized carbons (Fsp3) is 0.667. The molecule has 0 aliphatic rings. The summed E-state index contributed by atoms with van der Waals surface area (Å²) in [5, 5.41) is 0. The summed E-state index contributed by atoms with van der Waals surface area (Å²) in [5.41, 5.74) is 6.77. The van der Waals surface area contributed by atoms with Crippen LogP contribution in [0.25, 0.3) is 0 Å². The van der Waals surface area contributed by atoms with E-state index in [0.717, 1.165) is 19.3 Å². The van der Waals surface area contributed by atoms with E-state index >= 15 is 0 Å². The Morgan fingerprint density at radius 1 is 1.00 bits per heavy atom. The molecule has 1 aromatic carbocycles. The topological polar surface area (TPSA) is 35.2 Å². The first-order valence-electron chi connectivity index (χ1n) is 7.78. The van der Waals surface area contributed by atoms with E-state index in [4.69, 9.17) is 10.5 Å². The normalized spacial score (nSPS) is 11.9. The molecule has 0 fully saturated rings. The van der Waals surface area contributed by atoms with E-state index in [1.807, 2.05) is 18.2 Å². The monoisotopic (exact) mass is 384 g/mol. The van der Waals surface area contributed by atoms with E-state index < -0.39 is 0 Å². The Hall–Kier alpha value is -0.198. The zero-order valence-electron chi connectivity index (χ0n) is 14.4. The van der Waals surface area contributed by atoms with E-state index in [0.29, 0.717) is 6.54 Å². The van der Waals surface area contributed by atoms with Gasteiger partial charge in [-0.3, -0.25) is 0 Å². The summed E-state index contributed by atoms with van der Waals surface area (Å²) in [6.45, 7) is 13.6. The number of rotatable bonds is 6. The second-order valence-electron chi connectivity index (χ2n) is 6.43. The quantitative estimate of drug-likeness (QED) is 0.758. The van der Waals surface area contributed by atoms with Crippen molar-refractivity contribution in [3.05, 3.63) is 29.8 Å². The van der Waals surface area contributed by atoms with Crippen LogP contribution < -0.4 is 9.77 Å². The third-order valence-electron chi connectivity index (χ3n) is 3.60. The van der Waals surface area contributed by atoms with Gasteiger partial charge in [-0.15, -0.1) is 0 Å².